The summed E-state index contributed by atoms with van der Waals surface area (Å²) in [7, 11) is 0. The van der Waals surface area contributed by atoms with Crippen LogP contribution < -0.4 is 10.1 Å². The third-order valence-electron chi connectivity index (χ3n) is 4.62. The zero-order chi connectivity index (χ0) is 20.9. The Morgan fingerprint density at radius 2 is 1.63 bits per heavy atom. The van der Waals surface area contributed by atoms with Crippen molar-refractivity contribution >= 4 is 11.6 Å². The van der Waals surface area contributed by atoms with Crippen LogP contribution in [0.1, 0.15) is 11.1 Å². The number of aryl methyl sites for hydroxylation is 2. The van der Waals surface area contributed by atoms with Crippen molar-refractivity contribution in [2.75, 3.05) is 11.9 Å². The fourth-order valence-electron chi connectivity index (χ4n) is 3.01. The molecule has 0 spiro atoms. The van der Waals surface area contributed by atoms with E-state index in [1.807, 2.05) is 80.6 Å². The number of anilines is 1. The Kier molecular flexibility index (Phi) is 5.57. The summed E-state index contributed by atoms with van der Waals surface area (Å²) < 4.78 is 11.2. The molecule has 0 bridgehead atoms. The van der Waals surface area contributed by atoms with Crippen molar-refractivity contribution in [1.29, 1.82) is 0 Å². The van der Waals surface area contributed by atoms with E-state index >= 15 is 0 Å². The van der Waals surface area contributed by atoms with Gasteiger partial charge in [-0.05, 0) is 43.7 Å². The maximum Gasteiger partial charge on any atom is 0.262 e. The summed E-state index contributed by atoms with van der Waals surface area (Å²) in [5, 5.41) is 6.92. The molecule has 1 aromatic heterocycles. The molecule has 30 heavy (non-hydrogen) atoms. The molecule has 3 aromatic carbocycles. The van der Waals surface area contributed by atoms with Crippen LogP contribution in [0, 0.1) is 13.8 Å². The highest BCUT2D eigenvalue weighted by atomic mass is 16.5. The molecular formula is C24H21N3O3. The summed E-state index contributed by atoms with van der Waals surface area (Å²) in [6, 6.07) is 22.7. The zero-order valence-corrected chi connectivity index (χ0v) is 16.8. The fourth-order valence-corrected chi connectivity index (χ4v) is 3.01. The zero-order valence-electron chi connectivity index (χ0n) is 16.8. The largest absolute Gasteiger partial charge is 0.483 e. The first kappa shape index (κ1) is 19.4. The average Bonchev–Trinajstić information content (AvgIpc) is 3.24. The lowest BCUT2D eigenvalue weighted by molar-refractivity contribution is -0.118. The Morgan fingerprint density at radius 1 is 0.933 bits per heavy atom. The smallest absolute Gasteiger partial charge is 0.262 e. The normalized spacial score (nSPS) is 10.6. The third-order valence-corrected chi connectivity index (χ3v) is 4.62. The van der Waals surface area contributed by atoms with Crippen LogP contribution in [0.4, 0.5) is 5.69 Å². The Balaban J connectivity index is 1.49. The first-order chi connectivity index (χ1) is 14.6. The number of rotatable bonds is 6. The maximum atomic E-state index is 12.3. The predicted octanol–water partition coefficient (Wildman–Crippen LogP) is 5.04. The number of carbonyl (C=O) groups excluding carboxylic acids is 1. The summed E-state index contributed by atoms with van der Waals surface area (Å²) >= 11 is 0. The Bertz CT molecular complexity index is 1170. The second kappa shape index (κ2) is 8.61. The van der Waals surface area contributed by atoms with Gasteiger partial charge in [-0.3, -0.25) is 4.79 Å². The van der Waals surface area contributed by atoms with Gasteiger partial charge in [0.2, 0.25) is 5.82 Å². The van der Waals surface area contributed by atoms with E-state index in [1.54, 1.807) is 6.07 Å². The summed E-state index contributed by atoms with van der Waals surface area (Å²) in [6.45, 7) is 3.85. The number of nitrogens with one attached hydrogen (secondary N) is 1. The number of benzene rings is 3. The van der Waals surface area contributed by atoms with E-state index in [0.29, 0.717) is 23.0 Å². The number of carbonyl (C=O) groups is 1. The first-order valence-electron chi connectivity index (χ1n) is 9.58. The van der Waals surface area contributed by atoms with Crippen molar-refractivity contribution in [3.8, 4) is 28.6 Å². The highest BCUT2D eigenvalue weighted by Crippen LogP contribution is 2.30. The number of amides is 1. The van der Waals surface area contributed by atoms with E-state index in [9.17, 15) is 4.79 Å². The SMILES string of the molecule is Cc1ccc(NC(=O)COc2ccccc2-c2nc(-c3ccccc3C)no2)cc1. The number of hydrogen-bond donors (Lipinski definition) is 1. The molecule has 4 rings (SSSR count). The third kappa shape index (κ3) is 4.38. The minimum atomic E-state index is -0.250. The minimum Gasteiger partial charge on any atom is -0.483 e. The molecule has 0 fully saturated rings. The average molecular weight is 399 g/mol. The molecule has 0 radical (unpaired) electrons. The quantitative estimate of drug-likeness (QED) is 0.492. The lowest BCUT2D eigenvalue weighted by Crippen LogP contribution is -2.20. The number of aromatic nitrogens is 2. The molecule has 6 nitrogen and oxygen atoms in total. The van der Waals surface area contributed by atoms with E-state index in [-0.39, 0.29) is 12.5 Å². The molecule has 0 saturated heterocycles. The van der Waals surface area contributed by atoms with Crippen LogP contribution in [0.3, 0.4) is 0 Å². The van der Waals surface area contributed by atoms with E-state index in [2.05, 4.69) is 15.5 Å². The number of para-hydroxylation sites is 1. The second-order valence-corrected chi connectivity index (χ2v) is 6.94. The summed E-state index contributed by atoms with van der Waals surface area (Å²) in [6.07, 6.45) is 0. The summed E-state index contributed by atoms with van der Waals surface area (Å²) in [5.41, 5.74) is 4.45. The van der Waals surface area contributed by atoms with Crippen LogP contribution in [0.2, 0.25) is 0 Å². The van der Waals surface area contributed by atoms with E-state index in [0.717, 1.165) is 22.4 Å². The highest BCUT2D eigenvalue weighted by Gasteiger charge is 2.16. The molecule has 1 amide bonds. The van der Waals surface area contributed by atoms with Crippen molar-refractivity contribution in [3.63, 3.8) is 0 Å². The van der Waals surface area contributed by atoms with E-state index < -0.39 is 0 Å². The molecule has 6 heteroatoms. The molecule has 0 aliphatic carbocycles. The fraction of sp³-hybridized carbons (Fsp3) is 0.125. The monoisotopic (exact) mass is 399 g/mol. The Hall–Kier alpha value is -3.93. The Labute approximate surface area is 174 Å². The van der Waals surface area contributed by atoms with Crippen molar-refractivity contribution < 1.29 is 14.1 Å². The molecule has 0 saturated carbocycles. The van der Waals surface area contributed by atoms with Crippen LogP contribution in [-0.4, -0.2) is 22.7 Å². The lowest BCUT2D eigenvalue weighted by Gasteiger charge is -2.10. The van der Waals surface area contributed by atoms with Crippen LogP contribution in [0.5, 0.6) is 5.75 Å². The minimum absolute atomic E-state index is 0.135. The standard InChI is InChI=1S/C24H21N3O3/c1-16-11-13-18(14-12-16)25-22(28)15-29-21-10-6-5-9-20(21)24-26-23(27-30-24)19-8-4-3-7-17(19)2/h3-14H,15H2,1-2H3,(H,25,28). The molecule has 0 aliphatic heterocycles. The van der Waals surface area contributed by atoms with Gasteiger partial charge in [0.05, 0.1) is 5.56 Å². The van der Waals surface area contributed by atoms with Gasteiger partial charge in [-0.2, -0.15) is 4.98 Å². The number of ether oxygens (including phenoxy) is 1. The van der Waals surface area contributed by atoms with Gasteiger partial charge in [-0.1, -0.05) is 59.3 Å². The molecule has 1 heterocycles. The molecule has 0 aliphatic rings. The van der Waals surface area contributed by atoms with Gasteiger partial charge in [0.1, 0.15) is 5.75 Å². The first-order valence-corrected chi connectivity index (χ1v) is 9.58. The second-order valence-electron chi connectivity index (χ2n) is 6.94. The van der Waals surface area contributed by atoms with Crippen molar-refractivity contribution in [2.24, 2.45) is 0 Å². The van der Waals surface area contributed by atoms with Gasteiger partial charge in [0, 0.05) is 11.3 Å². The number of hydrogen-bond acceptors (Lipinski definition) is 5. The van der Waals surface area contributed by atoms with Crippen LogP contribution >= 0.6 is 0 Å². The predicted molar refractivity (Wildman–Crippen MR) is 115 cm³/mol. The van der Waals surface area contributed by atoms with Crippen molar-refractivity contribution in [2.45, 2.75) is 13.8 Å². The van der Waals surface area contributed by atoms with Crippen LogP contribution in [0.15, 0.2) is 77.3 Å². The van der Waals surface area contributed by atoms with E-state index in [4.69, 9.17) is 9.26 Å². The van der Waals surface area contributed by atoms with Gasteiger partial charge < -0.3 is 14.6 Å². The molecule has 0 atom stereocenters. The molecule has 1 N–H and O–H groups in total. The summed E-state index contributed by atoms with van der Waals surface area (Å²) in [4.78, 5) is 16.8. The maximum absolute atomic E-state index is 12.3. The molecule has 4 aromatic rings. The van der Waals surface area contributed by atoms with Gasteiger partial charge in [0.25, 0.3) is 11.8 Å². The van der Waals surface area contributed by atoms with Gasteiger partial charge in [-0.25, -0.2) is 0 Å². The molecular weight excluding hydrogens is 378 g/mol. The number of nitrogens with zero attached hydrogens (tertiary/aromatic N) is 2. The topological polar surface area (TPSA) is 77.2 Å². The summed E-state index contributed by atoms with van der Waals surface area (Å²) in [5.74, 6) is 1.09. The lowest BCUT2D eigenvalue weighted by atomic mass is 10.1. The molecule has 0 unspecified atom stereocenters. The van der Waals surface area contributed by atoms with Gasteiger partial charge in [0.15, 0.2) is 6.61 Å². The van der Waals surface area contributed by atoms with Crippen LogP contribution in [-0.2, 0) is 4.79 Å². The van der Waals surface area contributed by atoms with E-state index in [1.165, 1.54) is 0 Å². The van der Waals surface area contributed by atoms with Gasteiger partial charge in [-0.15, -0.1) is 0 Å². The van der Waals surface area contributed by atoms with Crippen molar-refractivity contribution in [3.05, 3.63) is 83.9 Å². The van der Waals surface area contributed by atoms with Gasteiger partial charge >= 0.3 is 0 Å². The van der Waals surface area contributed by atoms with Crippen molar-refractivity contribution in [1.82, 2.24) is 10.1 Å². The van der Waals surface area contributed by atoms with Crippen LogP contribution in [0.25, 0.3) is 22.8 Å². The molecule has 150 valence electrons. The Morgan fingerprint density at radius 3 is 2.40 bits per heavy atom. The highest BCUT2D eigenvalue weighted by molar-refractivity contribution is 5.92.